The molecule has 2 fully saturated rings. The summed E-state index contributed by atoms with van der Waals surface area (Å²) in [6, 6.07) is 11.2. The molecule has 0 aromatic heterocycles. The van der Waals surface area contributed by atoms with Crippen molar-refractivity contribution < 1.29 is 9.90 Å². The van der Waals surface area contributed by atoms with Gasteiger partial charge in [0, 0.05) is 24.7 Å². The number of hydrogen-bond acceptors (Lipinski definition) is 3. The number of rotatable bonds is 6. The maximum atomic E-state index is 11.1. The van der Waals surface area contributed by atoms with Crippen LogP contribution in [0.15, 0.2) is 30.3 Å². The SMILES string of the molecule is CC1(CNC2CCC(C(=O)O)CC2)CCCN1Cc1ccccc1. The van der Waals surface area contributed by atoms with Crippen LogP contribution in [0.25, 0.3) is 0 Å². The molecule has 1 atom stereocenters. The average molecular weight is 330 g/mol. The quantitative estimate of drug-likeness (QED) is 0.840. The van der Waals surface area contributed by atoms with Crippen molar-refractivity contribution in [1.82, 2.24) is 10.2 Å². The van der Waals surface area contributed by atoms with Gasteiger partial charge >= 0.3 is 5.97 Å². The van der Waals surface area contributed by atoms with Crippen LogP contribution in [0.4, 0.5) is 0 Å². The summed E-state index contributed by atoms with van der Waals surface area (Å²) in [5.74, 6) is -0.745. The predicted molar refractivity (Wildman–Crippen MR) is 95.9 cm³/mol. The molecular formula is C20H30N2O2. The highest BCUT2D eigenvalue weighted by Crippen LogP contribution is 2.31. The van der Waals surface area contributed by atoms with Crippen molar-refractivity contribution in [3.8, 4) is 0 Å². The lowest BCUT2D eigenvalue weighted by Gasteiger charge is -2.38. The Morgan fingerprint density at radius 2 is 1.96 bits per heavy atom. The van der Waals surface area contributed by atoms with Crippen LogP contribution in [0.2, 0.25) is 0 Å². The summed E-state index contributed by atoms with van der Waals surface area (Å²) >= 11 is 0. The molecule has 1 aromatic rings. The van der Waals surface area contributed by atoms with Crippen molar-refractivity contribution >= 4 is 5.97 Å². The third-order valence-corrected chi connectivity index (χ3v) is 5.97. The van der Waals surface area contributed by atoms with Gasteiger partial charge in [-0.3, -0.25) is 9.69 Å². The van der Waals surface area contributed by atoms with E-state index in [2.05, 4.69) is 47.5 Å². The molecule has 2 N–H and O–H groups in total. The molecule has 2 aliphatic rings. The third-order valence-electron chi connectivity index (χ3n) is 5.97. The number of carbonyl (C=O) groups is 1. The van der Waals surface area contributed by atoms with Crippen molar-refractivity contribution in [3.05, 3.63) is 35.9 Å². The van der Waals surface area contributed by atoms with Crippen molar-refractivity contribution in [2.45, 2.75) is 63.6 Å². The lowest BCUT2D eigenvalue weighted by atomic mass is 9.85. The number of nitrogens with one attached hydrogen (secondary N) is 1. The standard InChI is InChI=1S/C20H30N2O2/c1-20(15-21-18-10-8-17(9-11-18)19(23)24)12-5-13-22(20)14-16-6-3-2-4-7-16/h2-4,6-7,17-18,21H,5,8-15H2,1H3,(H,23,24). The van der Waals surface area contributed by atoms with Crippen LogP contribution >= 0.6 is 0 Å². The van der Waals surface area contributed by atoms with Crippen molar-refractivity contribution in [1.29, 1.82) is 0 Å². The van der Waals surface area contributed by atoms with Gasteiger partial charge in [-0.05, 0) is 57.6 Å². The van der Waals surface area contributed by atoms with Gasteiger partial charge in [0.25, 0.3) is 0 Å². The zero-order chi connectivity index (χ0) is 17.0. The Kier molecular flexibility index (Phi) is 5.57. The molecule has 1 aliphatic carbocycles. The van der Waals surface area contributed by atoms with Gasteiger partial charge in [-0.25, -0.2) is 0 Å². The molecule has 3 rings (SSSR count). The summed E-state index contributed by atoms with van der Waals surface area (Å²) in [5, 5.41) is 12.9. The van der Waals surface area contributed by atoms with E-state index in [-0.39, 0.29) is 11.5 Å². The van der Waals surface area contributed by atoms with Gasteiger partial charge in [-0.2, -0.15) is 0 Å². The van der Waals surface area contributed by atoms with Crippen molar-refractivity contribution in [3.63, 3.8) is 0 Å². The van der Waals surface area contributed by atoms with Crippen LogP contribution in [0.3, 0.4) is 0 Å². The summed E-state index contributed by atoms with van der Waals surface area (Å²) in [5.41, 5.74) is 1.59. The Morgan fingerprint density at radius 1 is 1.25 bits per heavy atom. The van der Waals surface area contributed by atoms with Gasteiger partial charge in [-0.1, -0.05) is 30.3 Å². The second-order valence-corrected chi connectivity index (χ2v) is 7.78. The summed E-state index contributed by atoms with van der Waals surface area (Å²) < 4.78 is 0. The number of carboxylic acids is 1. The fraction of sp³-hybridized carbons (Fsp3) is 0.650. The van der Waals surface area contributed by atoms with Crippen LogP contribution in [0, 0.1) is 5.92 Å². The molecule has 1 aliphatic heterocycles. The van der Waals surface area contributed by atoms with Crippen LogP contribution in [0.1, 0.15) is 51.0 Å². The number of hydrogen-bond donors (Lipinski definition) is 2. The Morgan fingerprint density at radius 3 is 2.62 bits per heavy atom. The molecule has 132 valence electrons. The maximum Gasteiger partial charge on any atom is 0.306 e. The van der Waals surface area contributed by atoms with Gasteiger partial charge < -0.3 is 10.4 Å². The molecule has 1 heterocycles. The Hall–Kier alpha value is -1.39. The first-order valence-corrected chi connectivity index (χ1v) is 9.32. The van der Waals surface area contributed by atoms with E-state index in [4.69, 9.17) is 5.11 Å². The number of aliphatic carboxylic acids is 1. The van der Waals surface area contributed by atoms with E-state index in [0.29, 0.717) is 6.04 Å². The lowest BCUT2D eigenvalue weighted by Crippen LogP contribution is -2.51. The number of benzene rings is 1. The maximum absolute atomic E-state index is 11.1. The molecule has 0 amide bonds. The molecule has 1 saturated carbocycles. The molecule has 1 aromatic carbocycles. The van der Waals surface area contributed by atoms with E-state index >= 15 is 0 Å². The zero-order valence-electron chi connectivity index (χ0n) is 14.7. The summed E-state index contributed by atoms with van der Waals surface area (Å²) in [7, 11) is 0. The number of carboxylic acid groups (broad SMARTS) is 1. The molecule has 0 bridgehead atoms. The van der Waals surface area contributed by atoms with Gasteiger partial charge in [0.05, 0.1) is 5.92 Å². The number of nitrogens with zero attached hydrogens (tertiary/aromatic N) is 1. The lowest BCUT2D eigenvalue weighted by molar-refractivity contribution is -0.142. The monoisotopic (exact) mass is 330 g/mol. The Labute approximate surface area is 145 Å². The molecular weight excluding hydrogens is 300 g/mol. The highest BCUT2D eigenvalue weighted by atomic mass is 16.4. The molecule has 4 heteroatoms. The highest BCUT2D eigenvalue weighted by Gasteiger charge is 2.37. The van der Waals surface area contributed by atoms with E-state index in [1.807, 2.05) is 0 Å². The van der Waals surface area contributed by atoms with E-state index in [1.54, 1.807) is 0 Å². The second-order valence-electron chi connectivity index (χ2n) is 7.78. The Balaban J connectivity index is 1.51. The molecule has 0 spiro atoms. The predicted octanol–water partition coefficient (Wildman–Crippen LogP) is 3.27. The van der Waals surface area contributed by atoms with Gasteiger partial charge in [0.15, 0.2) is 0 Å². The summed E-state index contributed by atoms with van der Waals surface area (Å²) in [6.07, 6.45) is 6.11. The number of likely N-dealkylation sites (tertiary alicyclic amines) is 1. The van der Waals surface area contributed by atoms with Crippen LogP contribution in [0.5, 0.6) is 0 Å². The van der Waals surface area contributed by atoms with Gasteiger partial charge in [0.1, 0.15) is 0 Å². The zero-order valence-corrected chi connectivity index (χ0v) is 14.7. The molecule has 1 unspecified atom stereocenters. The molecule has 24 heavy (non-hydrogen) atoms. The first-order valence-electron chi connectivity index (χ1n) is 9.32. The topological polar surface area (TPSA) is 52.6 Å². The van der Waals surface area contributed by atoms with Gasteiger partial charge in [0.2, 0.25) is 0 Å². The molecule has 1 saturated heterocycles. The van der Waals surface area contributed by atoms with E-state index in [1.165, 1.54) is 24.9 Å². The average Bonchev–Trinajstić information content (AvgIpc) is 2.95. The largest absolute Gasteiger partial charge is 0.481 e. The minimum absolute atomic E-state index is 0.125. The van der Waals surface area contributed by atoms with E-state index in [0.717, 1.165) is 38.8 Å². The fourth-order valence-corrected chi connectivity index (χ4v) is 4.26. The van der Waals surface area contributed by atoms with Gasteiger partial charge in [-0.15, -0.1) is 0 Å². The van der Waals surface area contributed by atoms with Crippen LogP contribution < -0.4 is 5.32 Å². The van der Waals surface area contributed by atoms with Crippen molar-refractivity contribution in [2.75, 3.05) is 13.1 Å². The van der Waals surface area contributed by atoms with Crippen LogP contribution in [-0.2, 0) is 11.3 Å². The molecule has 0 radical (unpaired) electrons. The second kappa shape index (κ2) is 7.66. The first-order chi connectivity index (χ1) is 11.6. The van der Waals surface area contributed by atoms with E-state index < -0.39 is 5.97 Å². The molecule has 4 nitrogen and oxygen atoms in total. The Bertz CT molecular complexity index is 540. The van der Waals surface area contributed by atoms with Crippen molar-refractivity contribution in [2.24, 2.45) is 5.92 Å². The third kappa shape index (κ3) is 4.17. The first kappa shape index (κ1) is 17.4. The summed E-state index contributed by atoms with van der Waals surface area (Å²) in [6.45, 7) is 5.56. The minimum Gasteiger partial charge on any atom is -0.481 e. The highest BCUT2D eigenvalue weighted by molar-refractivity contribution is 5.70. The minimum atomic E-state index is -0.620. The van der Waals surface area contributed by atoms with Crippen LogP contribution in [-0.4, -0.2) is 40.6 Å². The fourth-order valence-electron chi connectivity index (χ4n) is 4.26. The normalized spacial score (nSPS) is 31.2. The smallest absolute Gasteiger partial charge is 0.306 e. The van der Waals surface area contributed by atoms with E-state index in [9.17, 15) is 4.79 Å². The summed E-state index contributed by atoms with van der Waals surface area (Å²) in [4.78, 5) is 13.7.